The molecule has 0 heterocycles. The Hall–Kier alpha value is -3.39. The lowest BCUT2D eigenvalue weighted by atomic mass is 10.0. The van der Waals surface area contributed by atoms with Gasteiger partial charge >= 0.3 is 0 Å². The lowest BCUT2D eigenvalue weighted by Gasteiger charge is -2.13. The molecule has 0 aliphatic carbocycles. The van der Waals surface area contributed by atoms with Gasteiger partial charge in [0.15, 0.2) is 11.5 Å². The molecule has 0 aliphatic rings. The molecule has 1 amide bonds. The Morgan fingerprint density at radius 3 is 2.58 bits per heavy atom. The number of benzene rings is 4. The number of nitrogens with zero attached hydrogens (tertiary/aromatic N) is 1. The van der Waals surface area contributed by atoms with Crippen molar-refractivity contribution in [3.63, 3.8) is 0 Å². The highest BCUT2D eigenvalue weighted by molar-refractivity contribution is 14.1. The molecule has 33 heavy (non-hydrogen) atoms. The number of ether oxygens (including phenoxy) is 2. The number of methoxy groups -OCH3 is 1. The molecule has 0 aliphatic heterocycles. The first-order valence-corrected chi connectivity index (χ1v) is 11.5. The number of carbonyl (C=O) groups is 1. The standard InChI is InChI=1S/C27H23IN2O3/c1-32-25-15-20(14-24(28)27(25)33-18-19-8-3-2-4-9-19)17-29-30-26(31)16-22-12-7-11-21-10-5-6-13-23(21)22/h2-15,17H,16,18H2,1H3,(H,30,31). The molecule has 0 atom stereocenters. The van der Waals surface area contributed by atoms with Gasteiger partial charge in [-0.05, 0) is 62.2 Å². The molecule has 0 aromatic heterocycles. The van der Waals surface area contributed by atoms with E-state index in [4.69, 9.17) is 9.47 Å². The highest BCUT2D eigenvalue weighted by Crippen LogP contribution is 2.34. The average molecular weight is 550 g/mol. The van der Waals surface area contributed by atoms with Gasteiger partial charge in [-0.3, -0.25) is 4.79 Å². The number of hydrazone groups is 1. The van der Waals surface area contributed by atoms with E-state index in [0.717, 1.165) is 31.0 Å². The van der Waals surface area contributed by atoms with Crippen LogP contribution in [-0.2, 0) is 17.8 Å². The lowest BCUT2D eigenvalue weighted by molar-refractivity contribution is -0.120. The molecule has 166 valence electrons. The maximum atomic E-state index is 12.4. The maximum Gasteiger partial charge on any atom is 0.244 e. The molecule has 4 aromatic carbocycles. The molecule has 0 unspecified atom stereocenters. The van der Waals surface area contributed by atoms with E-state index in [1.807, 2.05) is 84.9 Å². The number of halogens is 1. The van der Waals surface area contributed by atoms with Crippen molar-refractivity contribution in [2.45, 2.75) is 13.0 Å². The molecular weight excluding hydrogens is 527 g/mol. The molecule has 0 bridgehead atoms. The monoisotopic (exact) mass is 550 g/mol. The Balaban J connectivity index is 1.41. The second kappa shape index (κ2) is 11.0. The van der Waals surface area contributed by atoms with Gasteiger partial charge in [0, 0.05) is 0 Å². The summed E-state index contributed by atoms with van der Waals surface area (Å²) in [5.41, 5.74) is 5.47. The van der Waals surface area contributed by atoms with Gasteiger partial charge in [0.1, 0.15) is 6.61 Å². The number of carbonyl (C=O) groups excluding carboxylic acids is 1. The van der Waals surface area contributed by atoms with Crippen molar-refractivity contribution in [1.82, 2.24) is 5.43 Å². The summed E-state index contributed by atoms with van der Waals surface area (Å²) in [5, 5.41) is 6.32. The first-order valence-electron chi connectivity index (χ1n) is 10.5. The summed E-state index contributed by atoms with van der Waals surface area (Å²) in [6, 6.07) is 27.7. The first kappa shape index (κ1) is 22.8. The summed E-state index contributed by atoms with van der Waals surface area (Å²) in [7, 11) is 1.60. The Bertz CT molecular complexity index is 1280. The molecule has 0 saturated carbocycles. The zero-order valence-corrected chi connectivity index (χ0v) is 20.3. The predicted molar refractivity (Wildman–Crippen MR) is 140 cm³/mol. The normalized spacial score (nSPS) is 11.0. The van der Waals surface area contributed by atoms with E-state index in [1.165, 1.54) is 0 Å². The SMILES string of the molecule is COc1cc(C=NNC(=O)Cc2cccc3ccccc23)cc(I)c1OCc1ccccc1. The molecule has 4 rings (SSSR count). The Kier molecular flexibility index (Phi) is 7.57. The van der Waals surface area contributed by atoms with Crippen LogP contribution in [0.15, 0.2) is 90.0 Å². The number of nitrogens with one attached hydrogen (secondary N) is 1. The van der Waals surface area contributed by atoms with Gasteiger partial charge in [-0.1, -0.05) is 72.8 Å². The van der Waals surface area contributed by atoms with Crippen molar-refractivity contribution in [1.29, 1.82) is 0 Å². The van der Waals surface area contributed by atoms with Crippen LogP contribution < -0.4 is 14.9 Å². The van der Waals surface area contributed by atoms with Crippen LogP contribution in [0.4, 0.5) is 0 Å². The van der Waals surface area contributed by atoms with Crippen LogP contribution in [0.25, 0.3) is 10.8 Å². The molecule has 4 aromatic rings. The fraction of sp³-hybridized carbons (Fsp3) is 0.111. The third kappa shape index (κ3) is 5.90. The zero-order chi connectivity index (χ0) is 23.0. The van der Waals surface area contributed by atoms with Gasteiger partial charge in [-0.25, -0.2) is 5.43 Å². The molecule has 0 radical (unpaired) electrons. The molecule has 0 fully saturated rings. The highest BCUT2D eigenvalue weighted by atomic mass is 127. The largest absolute Gasteiger partial charge is 0.493 e. The third-order valence-electron chi connectivity index (χ3n) is 5.11. The number of rotatable bonds is 8. The number of hydrogen-bond donors (Lipinski definition) is 1. The fourth-order valence-electron chi connectivity index (χ4n) is 3.52. The summed E-state index contributed by atoms with van der Waals surface area (Å²) in [5.74, 6) is 1.12. The Morgan fingerprint density at radius 2 is 1.76 bits per heavy atom. The lowest BCUT2D eigenvalue weighted by Crippen LogP contribution is -2.19. The smallest absolute Gasteiger partial charge is 0.244 e. The minimum atomic E-state index is -0.174. The van der Waals surface area contributed by atoms with Crippen LogP contribution >= 0.6 is 22.6 Å². The van der Waals surface area contributed by atoms with E-state index in [0.29, 0.717) is 18.1 Å². The van der Waals surface area contributed by atoms with Crippen molar-refractivity contribution in [2.24, 2.45) is 5.10 Å². The van der Waals surface area contributed by atoms with Crippen molar-refractivity contribution >= 4 is 45.5 Å². The van der Waals surface area contributed by atoms with Crippen LogP contribution in [0, 0.1) is 3.57 Å². The van der Waals surface area contributed by atoms with E-state index in [2.05, 4.69) is 33.1 Å². The fourth-order valence-corrected chi connectivity index (χ4v) is 4.30. The zero-order valence-electron chi connectivity index (χ0n) is 18.1. The summed E-state index contributed by atoms with van der Waals surface area (Å²) in [6.07, 6.45) is 1.86. The number of fused-ring (bicyclic) bond motifs is 1. The van der Waals surface area contributed by atoms with Crippen LogP contribution in [0.2, 0.25) is 0 Å². The quantitative estimate of drug-likeness (QED) is 0.173. The number of amides is 1. The van der Waals surface area contributed by atoms with Gasteiger partial charge in [0.05, 0.1) is 23.3 Å². The summed E-state index contributed by atoms with van der Waals surface area (Å²) < 4.78 is 12.4. The molecule has 0 spiro atoms. The van der Waals surface area contributed by atoms with E-state index < -0.39 is 0 Å². The Morgan fingerprint density at radius 1 is 1.00 bits per heavy atom. The third-order valence-corrected chi connectivity index (χ3v) is 5.91. The second-order valence-corrected chi connectivity index (χ2v) is 8.58. The second-order valence-electron chi connectivity index (χ2n) is 7.42. The average Bonchev–Trinajstić information content (AvgIpc) is 2.84. The Labute approximate surface area is 206 Å². The van der Waals surface area contributed by atoms with Gasteiger partial charge in [0.25, 0.3) is 0 Å². The molecule has 0 saturated heterocycles. The van der Waals surface area contributed by atoms with E-state index >= 15 is 0 Å². The van der Waals surface area contributed by atoms with Crippen LogP contribution in [0.3, 0.4) is 0 Å². The minimum Gasteiger partial charge on any atom is -0.493 e. The summed E-state index contributed by atoms with van der Waals surface area (Å²) in [6.45, 7) is 0.449. The molecule has 5 nitrogen and oxygen atoms in total. The predicted octanol–water partition coefficient (Wildman–Crippen LogP) is 5.72. The van der Waals surface area contributed by atoms with Crippen molar-refractivity contribution in [2.75, 3.05) is 7.11 Å². The molecular formula is C27H23IN2O3. The highest BCUT2D eigenvalue weighted by Gasteiger charge is 2.12. The minimum absolute atomic E-state index is 0.174. The maximum absolute atomic E-state index is 12.4. The van der Waals surface area contributed by atoms with Crippen LogP contribution in [0.1, 0.15) is 16.7 Å². The van der Waals surface area contributed by atoms with Gasteiger partial charge in [0.2, 0.25) is 5.91 Å². The first-order chi connectivity index (χ1) is 16.1. The molecule has 6 heteroatoms. The van der Waals surface area contributed by atoms with E-state index in [1.54, 1.807) is 13.3 Å². The van der Waals surface area contributed by atoms with Crippen LogP contribution in [0.5, 0.6) is 11.5 Å². The van der Waals surface area contributed by atoms with E-state index in [-0.39, 0.29) is 12.3 Å². The van der Waals surface area contributed by atoms with Gasteiger partial charge < -0.3 is 9.47 Å². The van der Waals surface area contributed by atoms with E-state index in [9.17, 15) is 4.79 Å². The van der Waals surface area contributed by atoms with Gasteiger partial charge in [-0.15, -0.1) is 0 Å². The summed E-state index contributed by atoms with van der Waals surface area (Å²) >= 11 is 2.21. The van der Waals surface area contributed by atoms with Crippen molar-refractivity contribution < 1.29 is 14.3 Å². The van der Waals surface area contributed by atoms with Crippen LogP contribution in [-0.4, -0.2) is 19.2 Å². The van der Waals surface area contributed by atoms with Crippen molar-refractivity contribution in [3.05, 3.63) is 105 Å². The van der Waals surface area contributed by atoms with Gasteiger partial charge in [-0.2, -0.15) is 5.10 Å². The van der Waals surface area contributed by atoms with Crippen molar-refractivity contribution in [3.8, 4) is 11.5 Å². The summed E-state index contributed by atoms with van der Waals surface area (Å²) in [4.78, 5) is 12.4. The molecule has 1 N–H and O–H groups in total. The number of hydrogen-bond acceptors (Lipinski definition) is 4. The topological polar surface area (TPSA) is 59.9 Å².